The molecule has 1 aromatic heterocycles. The summed E-state index contributed by atoms with van der Waals surface area (Å²) in [6.45, 7) is 0.906. The number of halogens is 8. The Morgan fingerprint density at radius 2 is 1.14 bits per heavy atom. The van der Waals surface area contributed by atoms with Crippen molar-refractivity contribution in [1.29, 1.82) is 0 Å². The van der Waals surface area contributed by atoms with Gasteiger partial charge in [-0.15, -0.1) is 0 Å². The molecule has 0 saturated carbocycles. The summed E-state index contributed by atoms with van der Waals surface area (Å²) in [5, 5.41) is 15.2. The summed E-state index contributed by atoms with van der Waals surface area (Å²) in [5.74, 6) is -6.68. The van der Waals surface area contributed by atoms with Gasteiger partial charge in [-0.2, -0.15) is 26.3 Å². The maximum atomic E-state index is 14.6. The fourth-order valence-corrected chi connectivity index (χ4v) is 6.83. The number of aromatic nitrogens is 1. The molecular formula is C35H39Br2F6N9O7. The van der Waals surface area contributed by atoms with Crippen LogP contribution in [0.5, 0.6) is 0 Å². The van der Waals surface area contributed by atoms with E-state index in [1.807, 2.05) is 54.6 Å². The zero-order chi connectivity index (χ0) is 44.7. The Hall–Kier alpha value is -5.52. The van der Waals surface area contributed by atoms with Crippen LogP contribution in [-0.2, 0) is 32.0 Å². The number of pyridine rings is 1. The minimum Gasteiger partial charge on any atom is -0.475 e. The number of nitrogens with zero attached hydrogens (tertiary/aromatic N) is 5. The molecule has 59 heavy (non-hydrogen) atoms. The Morgan fingerprint density at radius 1 is 0.695 bits per heavy atom. The van der Waals surface area contributed by atoms with Crippen LogP contribution >= 0.6 is 31.9 Å². The molecule has 2 heterocycles. The SMILES string of the molecule is NC(N)=NCCCCN1C(=O)N(CCCCN=C(N)N)C(=O)C(Cc2cc(Br)cc(Br)c2)(Cc2ccc3ccccc3n2)C1=O.O=C(O)C(F)(F)F.O=C(O)C(F)(F)F. The highest BCUT2D eigenvalue weighted by Gasteiger charge is 2.57. The number of guanidine groups is 2. The number of urea groups is 1. The molecule has 1 fully saturated rings. The first-order chi connectivity index (χ1) is 27.4. The van der Waals surface area contributed by atoms with Crippen molar-refractivity contribution in [3.05, 3.63) is 74.8 Å². The number of barbiturate groups is 1. The number of carbonyl (C=O) groups excluding carboxylic acids is 3. The molecule has 0 atom stereocenters. The Kier molecular flexibility index (Phi) is 18.5. The van der Waals surface area contributed by atoms with E-state index in [4.69, 9.17) is 47.7 Å². The van der Waals surface area contributed by atoms with Gasteiger partial charge in [0.25, 0.3) is 0 Å². The summed E-state index contributed by atoms with van der Waals surface area (Å²) in [6.07, 6.45) is -8.12. The highest BCUT2D eigenvalue weighted by molar-refractivity contribution is 9.11. The molecule has 1 saturated heterocycles. The number of hydrogen-bond acceptors (Lipinski definition) is 8. The summed E-state index contributed by atoms with van der Waals surface area (Å²) in [7, 11) is 0. The largest absolute Gasteiger partial charge is 0.490 e. The van der Waals surface area contributed by atoms with Gasteiger partial charge in [0.05, 0.1) is 5.52 Å². The Labute approximate surface area is 348 Å². The van der Waals surface area contributed by atoms with Gasteiger partial charge in [-0.05, 0) is 68.0 Å². The molecule has 24 heteroatoms. The monoisotopic (exact) mass is 969 g/mol. The second kappa shape index (κ2) is 22.0. The van der Waals surface area contributed by atoms with Gasteiger partial charge in [0.2, 0.25) is 11.8 Å². The predicted molar refractivity (Wildman–Crippen MR) is 209 cm³/mol. The first kappa shape index (κ1) is 49.6. The van der Waals surface area contributed by atoms with Gasteiger partial charge in [-0.3, -0.25) is 34.4 Å². The fourth-order valence-electron chi connectivity index (χ4n) is 5.44. The van der Waals surface area contributed by atoms with Gasteiger partial charge in [-0.1, -0.05) is 56.1 Å². The molecule has 4 rings (SSSR count). The van der Waals surface area contributed by atoms with Crippen molar-refractivity contribution in [1.82, 2.24) is 14.8 Å². The number of unbranched alkanes of at least 4 members (excludes halogenated alkanes) is 2. The number of fused-ring (bicyclic) bond motifs is 1. The quantitative estimate of drug-likeness (QED) is 0.0422. The number of carboxylic acids is 2. The standard InChI is InChI=1S/C31H37Br2N9O3.2C2HF3O2/c32-22-15-20(16-23(33)17-22)18-31(19-24-10-9-21-7-1-2-8-25(21)40-24)26(43)41(13-5-3-11-38-28(34)35)30(45)42(27(31)44)14-6-4-12-39-29(36)37;2*3-2(4,5)1(6)7/h1-2,7-10,15-17H,3-6,11-14,18-19H2,(H4,34,35,38)(H4,36,37,39);2*(H,6,7). The van der Waals surface area contributed by atoms with E-state index in [-0.39, 0.29) is 37.9 Å². The van der Waals surface area contributed by atoms with Gasteiger partial charge in [0.15, 0.2) is 11.9 Å². The predicted octanol–water partition coefficient (Wildman–Crippen LogP) is 4.70. The van der Waals surface area contributed by atoms with Crippen LogP contribution in [0, 0.1) is 5.41 Å². The molecule has 0 bridgehead atoms. The second-order valence-electron chi connectivity index (χ2n) is 12.5. The molecule has 0 radical (unpaired) electrons. The zero-order valence-corrected chi connectivity index (χ0v) is 33.9. The van der Waals surface area contributed by atoms with Crippen LogP contribution in [0.2, 0.25) is 0 Å². The molecule has 2 aromatic carbocycles. The first-order valence-electron chi connectivity index (χ1n) is 17.1. The van der Waals surface area contributed by atoms with Crippen molar-refractivity contribution in [3.63, 3.8) is 0 Å². The van der Waals surface area contributed by atoms with Crippen molar-refractivity contribution in [2.45, 2.75) is 50.9 Å². The van der Waals surface area contributed by atoms with Gasteiger partial charge >= 0.3 is 30.3 Å². The van der Waals surface area contributed by atoms with Crippen molar-refractivity contribution in [3.8, 4) is 0 Å². The fraction of sp³-hybridized carbons (Fsp3) is 0.371. The lowest BCUT2D eigenvalue weighted by molar-refractivity contribution is -0.193. The summed E-state index contributed by atoms with van der Waals surface area (Å²) in [4.78, 5) is 75.9. The maximum absolute atomic E-state index is 14.6. The third kappa shape index (κ3) is 15.6. The number of imide groups is 2. The first-order valence-corrected chi connectivity index (χ1v) is 18.7. The van der Waals surface area contributed by atoms with Gasteiger partial charge < -0.3 is 33.1 Å². The van der Waals surface area contributed by atoms with E-state index in [2.05, 4.69) is 41.8 Å². The minimum atomic E-state index is -5.08. The van der Waals surface area contributed by atoms with Crippen LogP contribution in [0.4, 0.5) is 31.1 Å². The van der Waals surface area contributed by atoms with Crippen molar-refractivity contribution < 1.29 is 60.5 Å². The van der Waals surface area contributed by atoms with Crippen molar-refractivity contribution in [2.24, 2.45) is 38.3 Å². The summed E-state index contributed by atoms with van der Waals surface area (Å²) >= 11 is 7.05. The van der Waals surface area contributed by atoms with Crippen molar-refractivity contribution in [2.75, 3.05) is 26.2 Å². The maximum Gasteiger partial charge on any atom is 0.490 e. The van der Waals surface area contributed by atoms with Crippen molar-refractivity contribution >= 4 is 84.5 Å². The molecule has 3 aromatic rings. The molecule has 1 aliphatic rings. The average Bonchev–Trinajstić information content (AvgIpc) is 3.12. The number of carboxylic acid groups (broad SMARTS) is 2. The smallest absolute Gasteiger partial charge is 0.475 e. The molecular weight excluding hydrogens is 932 g/mol. The Balaban J connectivity index is 0.000000732. The minimum absolute atomic E-state index is 0.00190. The van der Waals surface area contributed by atoms with Crippen LogP contribution in [0.1, 0.15) is 36.9 Å². The van der Waals surface area contributed by atoms with Gasteiger partial charge in [-0.25, -0.2) is 14.4 Å². The van der Waals surface area contributed by atoms with E-state index in [0.29, 0.717) is 44.5 Å². The molecule has 0 spiro atoms. The van der Waals surface area contributed by atoms with E-state index in [1.54, 1.807) is 0 Å². The number of aliphatic carboxylic acids is 2. The number of benzene rings is 2. The van der Waals surface area contributed by atoms with Crippen LogP contribution in [-0.4, -0.2) is 105 Å². The number of rotatable bonds is 14. The highest BCUT2D eigenvalue weighted by atomic mass is 79.9. The van der Waals surface area contributed by atoms with E-state index >= 15 is 0 Å². The number of carbonyl (C=O) groups is 5. The Morgan fingerprint density at radius 3 is 1.56 bits per heavy atom. The zero-order valence-electron chi connectivity index (χ0n) is 30.8. The number of amides is 4. The highest BCUT2D eigenvalue weighted by Crippen LogP contribution is 2.38. The second-order valence-corrected chi connectivity index (χ2v) is 14.4. The molecule has 322 valence electrons. The number of aliphatic imine (C=N–C) groups is 2. The van der Waals surface area contributed by atoms with Gasteiger partial charge in [0, 0.05) is 52.6 Å². The summed E-state index contributed by atoms with van der Waals surface area (Å²) < 4.78 is 65.0. The van der Waals surface area contributed by atoms with Crippen LogP contribution in [0.15, 0.2) is 73.5 Å². The van der Waals surface area contributed by atoms with E-state index < -0.39 is 47.6 Å². The average molecular weight is 972 g/mol. The number of nitrogens with two attached hydrogens (primary N) is 4. The number of alkyl halides is 6. The summed E-state index contributed by atoms with van der Waals surface area (Å²) in [6, 6.07) is 16.4. The summed E-state index contributed by atoms with van der Waals surface area (Å²) in [5.41, 5.74) is 22.2. The van der Waals surface area contributed by atoms with Crippen LogP contribution in [0.3, 0.4) is 0 Å². The lowest BCUT2D eigenvalue weighted by atomic mass is 9.73. The normalized spacial score (nSPS) is 13.8. The van der Waals surface area contributed by atoms with Gasteiger partial charge in [0.1, 0.15) is 5.41 Å². The number of para-hydroxylation sites is 1. The van der Waals surface area contributed by atoms with Crippen LogP contribution < -0.4 is 22.9 Å². The Bertz CT molecular complexity index is 1950. The molecule has 0 unspecified atom stereocenters. The van der Waals surface area contributed by atoms with E-state index in [9.17, 15) is 40.7 Å². The molecule has 4 amide bonds. The topological polar surface area (TPSA) is 274 Å². The lowest BCUT2D eigenvalue weighted by Gasteiger charge is -2.44. The van der Waals surface area contributed by atoms with E-state index in [1.165, 1.54) is 9.80 Å². The van der Waals surface area contributed by atoms with E-state index in [0.717, 1.165) is 25.4 Å². The molecule has 10 N–H and O–H groups in total. The number of hydrogen-bond donors (Lipinski definition) is 6. The third-order valence-corrected chi connectivity index (χ3v) is 8.91. The lowest BCUT2D eigenvalue weighted by Crippen LogP contribution is -2.66. The third-order valence-electron chi connectivity index (χ3n) is 7.99. The molecule has 16 nitrogen and oxygen atoms in total. The van der Waals surface area contributed by atoms with Crippen LogP contribution in [0.25, 0.3) is 10.9 Å². The molecule has 0 aliphatic carbocycles. The molecule has 1 aliphatic heterocycles.